The SMILES string of the molecule is Cc1ccc(S(=O)(=O)N(C)c2ccc(C(=O)N3CCC(Cc4ccccc4)CC3)cc2)cc1. The van der Waals surface area contributed by atoms with Gasteiger partial charge in [-0.2, -0.15) is 0 Å². The zero-order valence-corrected chi connectivity index (χ0v) is 20.0. The van der Waals surface area contributed by atoms with Crippen LogP contribution in [0, 0.1) is 12.8 Å². The number of benzene rings is 3. The van der Waals surface area contributed by atoms with Gasteiger partial charge in [-0.15, -0.1) is 0 Å². The van der Waals surface area contributed by atoms with Gasteiger partial charge < -0.3 is 4.90 Å². The van der Waals surface area contributed by atoms with E-state index in [1.165, 1.54) is 16.9 Å². The summed E-state index contributed by atoms with van der Waals surface area (Å²) in [6, 6.07) is 24.1. The number of amides is 1. The number of sulfonamides is 1. The lowest BCUT2D eigenvalue weighted by molar-refractivity contribution is 0.0690. The summed E-state index contributed by atoms with van der Waals surface area (Å²) in [4.78, 5) is 15.1. The topological polar surface area (TPSA) is 57.7 Å². The summed E-state index contributed by atoms with van der Waals surface area (Å²) in [5.41, 5.74) is 3.46. The number of piperidine rings is 1. The Labute approximate surface area is 196 Å². The fraction of sp³-hybridized carbons (Fsp3) is 0.296. The lowest BCUT2D eigenvalue weighted by Gasteiger charge is -2.32. The normalized spacial score (nSPS) is 14.8. The Bertz CT molecular complexity index is 1180. The molecule has 3 aromatic rings. The number of carbonyl (C=O) groups excluding carboxylic acids is 1. The van der Waals surface area contributed by atoms with Gasteiger partial charge in [-0.1, -0.05) is 48.0 Å². The predicted octanol–water partition coefficient (Wildman–Crippen LogP) is 4.92. The second-order valence-corrected chi connectivity index (χ2v) is 10.7. The van der Waals surface area contributed by atoms with Crippen molar-refractivity contribution >= 4 is 21.6 Å². The van der Waals surface area contributed by atoms with Crippen LogP contribution in [-0.4, -0.2) is 39.4 Å². The Hall–Kier alpha value is -3.12. The maximum absolute atomic E-state index is 13.0. The number of hydrogen-bond acceptors (Lipinski definition) is 3. The van der Waals surface area contributed by atoms with Gasteiger partial charge in [-0.25, -0.2) is 8.42 Å². The molecule has 0 atom stereocenters. The van der Waals surface area contributed by atoms with Gasteiger partial charge in [-0.3, -0.25) is 9.10 Å². The number of nitrogens with zero attached hydrogens (tertiary/aromatic N) is 2. The number of aryl methyl sites for hydroxylation is 1. The third-order valence-electron chi connectivity index (χ3n) is 6.43. The molecule has 1 aliphatic heterocycles. The van der Waals surface area contributed by atoms with Crippen LogP contribution in [0.4, 0.5) is 5.69 Å². The Morgan fingerprint density at radius 2 is 1.52 bits per heavy atom. The quantitative estimate of drug-likeness (QED) is 0.523. The molecule has 1 amide bonds. The van der Waals surface area contributed by atoms with Crippen molar-refractivity contribution in [3.05, 3.63) is 95.6 Å². The molecule has 0 bridgehead atoms. The first-order valence-corrected chi connectivity index (χ1v) is 12.8. The van der Waals surface area contributed by atoms with Gasteiger partial charge in [0.15, 0.2) is 0 Å². The minimum atomic E-state index is -3.66. The monoisotopic (exact) mass is 462 g/mol. The molecule has 0 N–H and O–H groups in total. The van der Waals surface area contributed by atoms with Crippen molar-refractivity contribution in [3.63, 3.8) is 0 Å². The van der Waals surface area contributed by atoms with Crippen LogP contribution in [0.2, 0.25) is 0 Å². The van der Waals surface area contributed by atoms with E-state index in [2.05, 4.69) is 24.3 Å². The van der Waals surface area contributed by atoms with E-state index >= 15 is 0 Å². The lowest BCUT2D eigenvalue weighted by Crippen LogP contribution is -2.38. The molecule has 4 rings (SSSR count). The van der Waals surface area contributed by atoms with Gasteiger partial charge in [-0.05, 0) is 74.1 Å². The van der Waals surface area contributed by atoms with Crippen LogP contribution in [-0.2, 0) is 16.4 Å². The molecular weight excluding hydrogens is 432 g/mol. The van der Waals surface area contributed by atoms with Gasteiger partial charge in [0.1, 0.15) is 0 Å². The summed E-state index contributed by atoms with van der Waals surface area (Å²) < 4.78 is 27.1. The van der Waals surface area contributed by atoms with Gasteiger partial charge in [0, 0.05) is 25.7 Å². The molecule has 0 radical (unpaired) electrons. The van der Waals surface area contributed by atoms with Crippen molar-refractivity contribution in [2.75, 3.05) is 24.4 Å². The van der Waals surface area contributed by atoms with Crippen molar-refractivity contribution < 1.29 is 13.2 Å². The first-order chi connectivity index (χ1) is 15.8. The standard InChI is InChI=1S/C27H30N2O3S/c1-21-8-14-26(15-9-21)33(31,32)28(2)25-12-10-24(11-13-25)27(30)29-18-16-23(17-19-29)20-22-6-4-3-5-7-22/h3-15,23H,16-20H2,1-2H3. The van der Waals surface area contributed by atoms with Gasteiger partial charge in [0.2, 0.25) is 0 Å². The molecule has 1 heterocycles. The summed E-state index contributed by atoms with van der Waals surface area (Å²) in [5.74, 6) is 0.600. The fourth-order valence-corrected chi connectivity index (χ4v) is 5.49. The number of carbonyl (C=O) groups is 1. The van der Waals surface area contributed by atoms with Crippen molar-refractivity contribution in [1.29, 1.82) is 0 Å². The Morgan fingerprint density at radius 1 is 0.909 bits per heavy atom. The summed E-state index contributed by atoms with van der Waals surface area (Å²) >= 11 is 0. The van der Waals surface area contributed by atoms with Crippen molar-refractivity contribution in [3.8, 4) is 0 Å². The average molecular weight is 463 g/mol. The molecule has 6 heteroatoms. The zero-order chi connectivity index (χ0) is 23.4. The van der Waals surface area contributed by atoms with E-state index in [-0.39, 0.29) is 10.8 Å². The minimum absolute atomic E-state index is 0.00348. The summed E-state index contributed by atoms with van der Waals surface area (Å²) in [7, 11) is -2.13. The highest BCUT2D eigenvalue weighted by atomic mass is 32.2. The summed E-state index contributed by atoms with van der Waals surface area (Å²) in [6.45, 7) is 3.42. The van der Waals surface area contributed by atoms with Crippen molar-refractivity contribution in [2.45, 2.75) is 31.1 Å². The van der Waals surface area contributed by atoms with Gasteiger partial charge >= 0.3 is 0 Å². The van der Waals surface area contributed by atoms with Crippen molar-refractivity contribution in [2.24, 2.45) is 5.92 Å². The van der Waals surface area contributed by atoms with E-state index in [0.717, 1.165) is 37.9 Å². The summed E-state index contributed by atoms with van der Waals surface area (Å²) in [5, 5.41) is 0. The minimum Gasteiger partial charge on any atom is -0.339 e. The molecule has 3 aromatic carbocycles. The molecule has 0 saturated carbocycles. The van der Waals surface area contributed by atoms with E-state index in [9.17, 15) is 13.2 Å². The first-order valence-electron chi connectivity index (χ1n) is 11.3. The third kappa shape index (κ3) is 5.28. The molecular formula is C27H30N2O3S. The molecule has 5 nitrogen and oxygen atoms in total. The van der Waals surface area contributed by atoms with Crippen LogP contribution in [0.1, 0.15) is 34.3 Å². The Balaban J connectivity index is 1.38. The molecule has 1 aliphatic rings. The average Bonchev–Trinajstić information content (AvgIpc) is 2.84. The molecule has 0 unspecified atom stereocenters. The molecule has 0 aliphatic carbocycles. The number of hydrogen-bond donors (Lipinski definition) is 0. The Kier molecular flexibility index (Phi) is 6.84. The highest BCUT2D eigenvalue weighted by Crippen LogP contribution is 2.25. The maximum Gasteiger partial charge on any atom is 0.264 e. The molecule has 0 aromatic heterocycles. The van der Waals surface area contributed by atoms with Crippen LogP contribution in [0.3, 0.4) is 0 Å². The van der Waals surface area contributed by atoms with Crippen molar-refractivity contribution in [1.82, 2.24) is 4.90 Å². The van der Waals surface area contributed by atoms with Gasteiger partial charge in [0.25, 0.3) is 15.9 Å². The van der Waals surface area contributed by atoms with Gasteiger partial charge in [0.05, 0.1) is 10.6 Å². The molecule has 1 saturated heterocycles. The Morgan fingerprint density at radius 3 is 2.12 bits per heavy atom. The number of rotatable bonds is 6. The number of likely N-dealkylation sites (tertiary alicyclic amines) is 1. The zero-order valence-electron chi connectivity index (χ0n) is 19.1. The molecule has 33 heavy (non-hydrogen) atoms. The second kappa shape index (κ2) is 9.79. The van der Waals surface area contributed by atoms with E-state index in [0.29, 0.717) is 17.2 Å². The smallest absolute Gasteiger partial charge is 0.264 e. The lowest BCUT2D eigenvalue weighted by atomic mass is 9.90. The van der Waals surface area contributed by atoms with E-state index in [4.69, 9.17) is 0 Å². The maximum atomic E-state index is 13.0. The highest BCUT2D eigenvalue weighted by Gasteiger charge is 2.25. The number of anilines is 1. The third-order valence-corrected chi connectivity index (χ3v) is 8.23. The van der Waals surface area contributed by atoms with Crippen LogP contribution >= 0.6 is 0 Å². The highest BCUT2D eigenvalue weighted by molar-refractivity contribution is 7.92. The van der Waals surface area contributed by atoms with E-state index in [1.54, 1.807) is 48.5 Å². The largest absolute Gasteiger partial charge is 0.339 e. The van der Waals surface area contributed by atoms with Crippen LogP contribution in [0.25, 0.3) is 0 Å². The van der Waals surface area contributed by atoms with Crippen LogP contribution < -0.4 is 4.31 Å². The fourth-order valence-electron chi connectivity index (χ4n) is 4.29. The molecule has 1 fully saturated rings. The molecule has 172 valence electrons. The van der Waals surface area contributed by atoms with Crippen LogP contribution in [0.15, 0.2) is 83.8 Å². The predicted molar refractivity (Wildman–Crippen MR) is 132 cm³/mol. The summed E-state index contributed by atoms with van der Waals surface area (Å²) in [6.07, 6.45) is 3.05. The second-order valence-electron chi connectivity index (χ2n) is 8.76. The first kappa shape index (κ1) is 23.1. The van der Waals surface area contributed by atoms with E-state index in [1.807, 2.05) is 17.9 Å². The van der Waals surface area contributed by atoms with E-state index < -0.39 is 10.0 Å². The van der Waals surface area contributed by atoms with Crippen LogP contribution in [0.5, 0.6) is 0 Å². The molecule has 0 spiro atoms.